The van der Waals surface area contributed by atoms with Crippen molar-refractivity contribution in [3.05, 3.63) is 94.1 Å². The Morgan fingerprint density at radius 3 is 2.34 bits per heavy atom. The fourth-order valence-corrected chi connectivity index (χ4v) is 4.48. The molecule has 0 saturated carbocycles. The lowest BCUT2D eigenvalue weighted by molar-refractivity contribution is -0.116. The number of rotatable bonds is 9. The van der Waals surface area contributed by atoms with Crippen LogP contribution < -0.4 is 10.1 Å². The summed E-state index contributed by atoms with van der Waals surface area (Å²) >= 11 is 12.1. The molecule has 196 valence electrons. The van der Waals surface area contributed by atoms with Crippen LogP contribution in [0, 0.1) is 6.92 Å². The summed E-state index contributed by atoms with van der Waals surface area (Å²) in [5.74, 6) is 0.576. The number of anilines is 1. The molecule has 0 spiro atoms. The summed E-state index contributed by atoms with van der Waals surface area (Å²) in [7, 11) is 1.60. The maximum absolute atomic E-state index is 13.4. The number of hydrogen-bond acceptors (Lipinski definition) is 4. The van der Waals surface area contributed by atoms with Crippen molar-refractivity contribution in [3.8, 4) is 22.6 Å². The SMILES string of the molecule is CCCN(CC(=O)Nc1c(-c2ccccc2)c(C)nn1-c1ccc(OC)cc1)C(=O)c1ccc(Cl)c(Cl)c1. The summed E-state index contributed by atoms with van der Waals surface area (Å²) in [5, 5.41) is 8.41. The molecule has 9 heteroatoms. The van der Waals surface area contributed by atoms with Gasteiger partial charge in [-0.2, -0.15) is 5.10 Å². The average Bonchev–Trinajstić information content (AvgIpc) is 3.25. The van der Waals surface area contributed by atoms with Crippen LogP contribution in [0.15, 0.2) is 72.8 Å². The lowest BCUT2D eigenvalue weighted by atomic mass is 10.1. The minimum absolute atomic E-state index is 0.145. The van der Waals surface area contributed by atoms with Crippen molar-refractivity contribution < 1.29 is 14.3 Å². The molecule has 4 aromatic rings. The smallest absolute Gasteiger partial charge is 0.254 e. The van der Waals surface area contributed by atoms with E-state index >= 15 is 0 Å². The van der Waals surface area contributed by atoms with Crippen molar-refractivity contribution in [2.45, 2.75) is 20.3 Å². The van der Waals surface area contributed by atoms with Crippen molar-refractivity contribution >= 4 is 40.8 Å². The molecule has 4 rings (SSSR count). The maximum atomic E-state index is 13.4. The predicted octanol–water partition coefficient (Wildman–Crippen LogP) is 6.65. The highest BCUT2D eigenvalue weighted by molar-refractivity contribution is 6.42. The molecule has 0 aliphatic rings. The number of aromatic nitrogens is 2. The number of ether oxygens (including phenoxy) is 1. The van der Waals surface area contributed by atoms with E-state index in [1.54, 1.807) is 23.9 Å². The molecule has 0 bridgehead atoms. The van der Waals surface area contributed by atoms with Gasteiger partial charge in [-0.3, -0.25) is 9.59 Å². The number of carbonyl (C=O) groups excluding carboxylic acids is 2. The average molecular weight is 551 g/mol. The molecule has 7 nitrogen and oxygen atoms in total. The molecule has 3 aromatic carbocycles. The van der Waals surface area contributed by atoms with E-state index in [4.69, 9.17) is 33.0 Å². The zero-order valence-corrected chi connectivity index (χ0v) is 22.9. The molecule has 0 unspecified atom stereocenters. The van der Waals surface area contributed by atoms with E-state index in [0.29, 0.717) is 35.1 Å². The molecule has 1 N–H and O–H groups in total. The topological polar surface area (TPSA) is 76.5 Å². The first-order valence-corrected chi connectivity index (χ1v) is 12.9. The Bertz CT molecular complexity index is 1440. The van der Waals surface area contributed by atoms with Gasteiger partial charge in [0.05, 0.1) is 28.5 Å². The second kappa shape index (κ2) is 12.2. The number of carbonyl (C=O) groups is 2. The first-order chi connectivity index (χ1) is 18.3. The molecule has 0 aliphatic heterocycles. The van der Waals surface area contributed by atoms with Gasteiger partial charge in [-0.25, -0.2) is 4.68 Å². The number of halogens is 2. The van der Waals surface area contributed by atoms with Crippen LogP contribution in [0.4, 0.5) is 5.82 Å². The van der Waals surface area contributed by atoms with E-state index in [1.165, 1.54) is 11.0 Å². The zero-order chi connectivity index (χ0) is 27.2. The summed E-state index contributed by atoms with van der Waals surface area (Å²) in [4.78, 5) is 28.2. The van der Waals surface area contributed by atoms with Gasteiger partial charge in [0.1, 0.15) is 18.1 Å². The maximum Gasteiger partial charge on any atom is 0.254 e. The normalized spacial score (nSPS) is 10.8. The van der Waals surface area contributed by atoms with Gasteiger partial charge in [0.15, 0.2) is 0 Å². The molecular weight excluding hydrogens is 523 g/mol. The number of hydrogen-bond donors (Lipinski definition) is 1. The van der Waals surface area contributed by atoms with E-state index in [9.17, 15) is 9.59 Å². The second-order valence-corrected chi connectivity index (χ2v) is 9.50. The second-order valence-electron chi connectivity index (χ2n) is 8.69. The Morgan fingerprint density at radius 1 is 1.00 bits per heavy atom. The minimum atomic E-state index is -0.348. The molecule has 2 amide bonds. The molecular formula is C29H28Cl2N4O3. The molecule has 0 saturated heterocycles. The largest absolute Gasteiger partial charge is 0.497 e. The van der Waals surface area contributed by atoms with Crippen molar-refractivity contribution in [1.29, 1.82) is 0 Å². The van der Waals surface area contributed by atoms with Gasteiger partial charge in [0.25, 0.3) is 5.91 Å². The van der Waals surface area contributed by atoms with Crippen LogP contribution >= 0.6 is 23.2 Å². The monoisotopic (exact) mass is 550 g/mol. The number of nitrogens with zero attached hydrogens (tertiary/aromatic N) is 3. The molecule has 0 aliphatic carbocycles. The van der Waals surface area contributed by atoms with Gasteiger partial charge in [-0.05, 0) is 61.4 Å². The number of amides is 2. The highest BCUT2D eigenvalue weighted by Crippen LogP contribution is 2.34. The Kier molecular flexibility index (Phi) is 8.71. The van der Waals surface area contributed by atoms with Crippen LogP contribution in [0.1, 0.15) is 29.4 Å². The minimum Gasteiger partial charge on any atom is -0.497 e. The molecule has 38 heavy (non-hydrogen) atoms. The van der Waals surface area contributed by atoms with Crippen LogP contribution in [0.25, 0.3) is 16.8 Å². The lowest BCUT2D eigenvalue weighted by Crippen LogP contribution is -2.38. The lowest BCUT2D eigenvalue weighted by Gasteiger charge is -2.22. The summed E-state index contributed by atoms with van der Waals surface area (Å²) in [6.07, 6.45) is 0.679. The van der Waals surface area contributed by atoms with E-state index in [0.717, 1.165) is 22.5 Å². The van der Waals surface area contributed by atoms with Crippen LogP contribution in [-0.4, -0.2) is 46.7 Å². The molecule has 1 aromatic heterocycles. The first-order valence-electron chi connectivity index (χ1n) is 12.2. The summed E-state index contributed by atoms with van der Waals surface area (Å²) in [5.41, 5.74) is 3.58. The predicted molar refractivity (Wildman–Crippen MR) is 152 cm³/mol. The van der Waals surface area contributed by atoms with E-state index in [2.05, 4.69) is 5.32 Å². The Labute approximate surface area is 231 Å². The van der Waals surface area contributed by atoms with Crippen molar-refractivity contribution in [3.63, 3.8) is 0 Å². The third-order valence-corrected chi connectivity index (χ3v) is 6.72. The Morgan fingerprint density at radius 2 is 1.71 bits per heavy atom. The molecule has 0 fully saturated rings. The third-order valence-electron chi connectivity index (χ3n) is 5.98. The van der Waals surface area contributed by atoms with Crippen LogP contribution in [0.3, 0.4) is 0 Å². The van der Waals surface area contributed by atoms with Crippen LogP contribution in [-0.2, 0) is 4.79 Å². The number of benzene rings is 3. The molecule has 0 atom stereocenters. The number of aryl methyl sites for hydroxylation is 1. The Balaban J connectivity index is 1.67. The fourth-order valence-electron chi connectivity index (χ4n) is 4.18. The Hall–Kier alpha value is -3.81. The van der Waals surface area contributed by atoms with Gasteiger partial charge >= 0.3 is 0 Å². The molecule has 0 radical (unpaired) electrons. The summed E-state index contributed by atoms with van der Waals surface area (Å²) in [6.45, 7) is 4.10. The van der Waals surface area contributed by atoms with Crippen LogP contribution in [0.2, 0.25) is 10.0 Å². The highest BCUT2D eigenvalue weighted by atomic mass is 35.5. The number of nitrogens with one attached hydrogen (secondary N) is 1. The van der Waals surface area contributed by atoms with Crippen molar-refractivity contribution in [1.82, 2.24) is 14.7 Å². The van der Waals surface area contributed by atoms with E-state index in [-0.39, 0.29) is 23.4 Å². The van der Waals surface area contributed by atoms with Gasteiger partial charge in [-0.15, -0.1) is 0 Å². The third kappa shape index (κ3) is 6.01. The fraction of sp³-hybridized carbons (Fsp3) is 0.207. The zero-order valence-electron chi connectivity index (χ0n) is 21.4. The quantitative estimate of drug-likeness (QED) is 0.253. The van der Waals surface area contributed by atoms with E-state index < -0.39 is 0 Å². The number of methoxy groups -OCH3 is 1. The highest BCUT2D eigenvalue weighted by Gasteiger charge is 2.23. The van der Waals surface area contributed by atoms with Crippen LogP contribution in [0.5, 0.6) is 5.75 Å². The van der Waals surface area contributed by atoms with Crippen molar-refractivity contribution in [2.24, 2.45) is 0 Å². The first kappa shape index (κ1) is 27.2. The van der Waals surface area contributed by atoms with Gasteiger partial charge in [0.2, 0.25) is 5.91 Å². The van der Waals surface area contributed by atoms with Gasteiger partial charge < -0.3 is 15.0 Å². The summed E-state index contributed by atoms with van der Waals surface area (Å²) in [6, 6.07) is 21.8. The van der Waals surface area contributed by atoms with Gasteiger partial charge in [0, 0.05) is 17.7 Å². The molecule has 1 heterocycles. The van der Waals surface area contributed by atoms with Crippen molar-refractivity contribution in [2.75, 3.05) is 25.5 Å². The standard InChI is InChI=1S/C29H28Cl2N4O3/c1-4-16-34(29(37)21-10-15-24(30)25(31)17-21)18-26(36)32-28-27(20-8-6-5-7-9-20)19(2)33-35(28)22-11-13-23(38-3)14-12-22/h5-15,17H,4,16,18H2,1-3H3,(H,32,36). The summed E-state index contributed by atoms with van der Waals surface area (Å²) < 4.78 is 6.98. The van der Waals surface area contributed by atoms with Gasteiger partial charge in [-0.1, -0.05) is 60.5 Å². The van der Waals surface area contributed by atoms with E-state index in [1.807, 2.05) is 68.4 Å².